The third-order valence-corrected chi connectivity index (χ3v) is 6.41. The molecule has 0 aromatic carbocycles. The van der Waals surface area contributed by atoms with Gasteiger partial charge in [-0.15, -0.1) is 0 Å². The molecule has 0 amide bonds. The summed E-state index contributed by atoms with van der Waals surface area (Å²) in [6.45, 7) is 0.350. The van der Waals surface area contributed by atoms with Crippen LogP contribution >= 0.6 is 0 Å². The van der Waals surface area contributed by atoms with Gasteiger partial charge in [-0.05, 0) is 43.7 Å². The molecule has 1 atom stereocenters. The van der Waals surface area contributed by atoms with Crippen LogP contribution in [0.25, 0.3) is 0 Å². The molecule has 1 fully saturated rings. The molecule has 1 saturated heterocycles. The van der Waals surface area contributed by atoms with Crippen molar-refractivity contribution in [2.24, 2.45) is 0 Å². The van der Waals surface area contributed by atoms with Crippen molar-refractivity contribution in [1.29, 1.82) is 5.26 Å². The lowest BCUT2D eigenvalue weighted by Gasteiger charge is -2.13. The maximum atomic E-state index is 11.8. The van der Waals surface area contributed by atoms with Crippen LogP contribution in [0.1, 0.15) is 36.1 Å². The lowest BCUT2D eigenvalue weighted by atomic mass is 10.1. The van der Waals surface area contributed by atoms with Crippen LogP contribution in [-0.4, -0.2) is 30.9 Å². The minimum Gasteiger partial charge on any atom is -0.368 e. The Labute approximate surface area is 118 Å². The van der Waals surface area contributed by atoms with Gasteiger partial charge in [0.15, 0.2) is 9.84 Å². The molecule has 1 aromatic heterocycles. The Morgan fingerprint density at radius 3 is 2.95 bits per heavy atom. The third-order valence-electron chi connectivity index (χ3n) is 4.13. The minimum atomic E-state index is -2.96. The maximum Gasteiger partial charge on any atom is 0.154 e. The summed E-state index contributed by atoms with van der Waals surface area (Å²) in [4.78, 5) is 4.50. The van der Waals surface area contributed by atoms with Crippen molar-refractivity contribution >= 4 is 15.7 Å². The zero-order chi connectivity index (χ0) is 14.2. The first kappa shape index (κ1) is 13.4. The van der Waals surface area contributed by atoms with Gasteiger partial charge in [-0.3, -0.25) is 0 Å². The maximum absolute atomic E-state index is 11.8. The lowest BCUT2D eigenvalue weighted by molar-refractivity contribution is 0.591. The zero-order valence-electron chi connectivity index (χ0n) is 11.2. The number of fused-ring (bicyclic) bond motifs is 1. The van der Waals surface area contributed by atoms with Crippen LogP contribution in [0.15, 0.2) is 6.07 Å². The van der Waals surface area contributed by atoms with E-state index in [0.717, 1.165) is 36.9 Å². The molecular formula is C14H17N3O2S. The van der Waals surface area contributed by atoms with Gasteiger partial charge in [-0.2, -0.15) is 5.26 Å². The largest absolute Gasteiger partial charge is 0.368 e. The molecule has 3 rings (SSSR count). The number of rotatable bonds is 3. The standard InChI is InChI=1S/C14H17N3O2S/c15-8-11-7-10-3-1-5-13(10)17-14(11)16-9-12-4-2-6-20(12,18)19/h7,12H,1-6,9H2,(H,16,17). The van der Waals surface area contributed by atoms with Crippen molar-refractivity contribution in [3.63, 3.8) is 0 Å². The highest BCUT2D eigenvalue weighted by molar-refractivity contribution is 7.92. The van der Waals surface area contributed by atoms with Gasteiger partial charge in [-0.25, -0.2) is 13.4 Å². The van der Waals surface area contributed by atoms with Gasteiger partial charge < -0.3 is 5.32 Å². The number of aromatic nitrogens is 1. The molecule has 6 heteroatoms. The number of hydrogen-bond acceptors (Lipinski definition) is 5. The molecule has 1 aliphatic heterocycles. The van der Waals surface area contributed by atoms with E-state index in [4.69, 9.17) is 0 Å². The summed E-state index contributed by atoms with van der Waals surface area (Å²) in [5.74, 6) is 0.817. The fraction of sp³-hybridized carbons (Fsp3) is 0.571. The second-order valence-corrected chi connectivity index (χ2v) is 7.87. The van der Waals surface area contributed by atoms with Crippen LogP contribution in [-0.2, 0) is 22.7 Å². The van der Waals surface area contributed by atoms with Crippen molar-refractivity contribution in [2.75, 3.05) is 17.6 Å². The number of pyridine rings is 1. The molecule has 20 heavy (non-hydrogen) atoms. The Balaban J connectivity index is 1.79. The fourth-order valence-electron chi connectivity index (χ4n) is 2.99. The quantitative estimate of drug-likeness (QED) is 0.911. The Hall–Kier alpha value is -1.61. The zero-order valence-corrected chi connectivity index (χ0v) is 12.0. The van der Waals surface area contributed by atoms with Gasteiger partial charge in [0.2, 0.25) is 0 Å². The summed E-state index contributed by atoms with van der Waals surface area (Å²) in [6, 6.07) is 4.04. The van der Waals surface area contributed by atoms with Crippen LogP contribution in [0.2, 0.25) is 0 Å². The van der Waals surface area contributed by atoms with Crippen molar-refractivity contribution in [2.45, 2.75) is 37.4 Å². The van der Waals surface area contributed by atoms with Gasteiger partial charge >= 0.3 is 0 Å². The van der Waals surface area contributed by atoms with E-state index < -0.39 is 9.84 Å². The monoisotopic (exact) mass is 291 g/mol. The van der Waals surface area contributed by atoms with Gasteiger partial charge in [0, 0.05) is 12.2 Å². The van der Waals surface area contributed by atoms with E-state index in [9.17, 15) is 13.7 Å². The average molecular weight is 291 g/mol. The van der Waals surface area contributed by atoms with Crippen molar-refractivity contribution in [1.82, 2.24) is 4.98 Å². The van der Waals surface area contributed by atoms with Crippen LogP contribution in [0.3, 0.4) is 0 Å². The summed E-state index contributed by atoms with van der Waals surface area (Å²) in [5.41, 5.74) is 2.71. The molecule has 2 heterocycles. The van der Waals surface area contributed by atoms with Crippen LogP contribution in [0.5, 0.6) is 0 Å². The van der Waals surface area contributed by atoms with E-state index in [1.54, 1.807) is 0 Å². The summed E-state index contributed by atoms with van der Waals surface area (Å²) >= 11 is 0. The summed E-state index contributed by atoms with van der Waals surface area (Å²) in [7, 11) is -2.96. The van der Waals surface area contributed by atoms with Gasteiger partial charge in [-0.1, -0.05) is 0 Å². The molecular weight excluding hydrogens is 274 g/mol. The molecule has 1 unspecified atom stereocenters. The van der Waals surface area contributed by atoms with Crippen LogP contribution in [0, 0.1) is 11.3 Å². The molecule has 1 aromatic rings. The summed E-state index contributed by atoms with van der Waals surface area (Å²) in [5, 5.41) is 11.9. The van der Waals surface area contributed by atoms with E-state index >= 15 is 0 Å². The molecule has 0 saturated carbocycles. The van der Waals surface area contributed by atoms with E-state index in [2.05, 4.69) is 16.4 Å². The van der Waals surface area contributed by atoms with Crippen LogP contribution in [0.4, 0.5) is 5.82 Å². The molecule has 1 aliphatic carbocycles. The number of anilines is 1. The van der Waals surface area contributed by atoms with Crippen molar-refractivity contribution < 1.29 is 8.42 Å². The predicted octanol–water partition coefficient (Wildman–Crippen LogP) is 1.43. The fourth-order valence-corrected chi connectivity index (χ4v) is 4.76. The Bertz CT molecular complexity index is 676. The molecule has 106 valence electrons. The predicted molar refractivity (Wildman–Crippen MR) is 76.3 cm³/mol. The van der Waals surface area contributed by atoms with E-state index in [0.29, 0.717) is 24.3 Å². The SMILES string of the molecule is N#Cc1cc2c(nc1NCC1CCCS1(=O)=O)CCC2. The number of nitriles is 1. The average Bonchev–Trinajstić information content (AvgIpc) is 3.00. The number of aryl methyl sites for hydroxylation is 2. The van der Waals surface area contributed by atoms with Gasteiger partial charge in [0.25, 0.3) is 0 Å². The smallest absolute Gasteiger partial charge is 0.154 e. The lowest BCUT2D eigenvalue weighted by Crippen LogP contribution is -2.25. The van der Waals surface area contributed by atoms with Crippen molar-refractivity contribution in [3.8, 4) is 6.07 Å². The second kappa shape index (κ2) is 5.06. The number of hydrogen-bond donors (Lipinski definition) is 1. The minimum absolute atomic E-state index is 0.280. The first-order chi connectivity index (χ1) is 9.60. The van der Waals surface area contributed by atoms with E-state index in [-0.39, 0.29) is 11.0 Å². The highest BCUT2D eigenvalue weighted by atomic mass is 32.2. The molecule has 0 bridgehead atoms. The van der Waals surface area contributed by atoms with Gasteiger partial charge in [0.1, 0.15) is 11.9 Å². The Kier molecular flexibility index (Phi) is 3.38. The molecule has 0 spiro atoms. The highest BCUT2D eigenvalue weighted by Crippen LogP contribution is 2.26. The Morgan fingerprint density at radius 2 is 2.25 bits per heavy atom. The van der Waals surface area contributed by atoms with E-state index in [1.165, 1.54) is 0 Å². The molecule has 5 nitrogen and oxygen atoms in total. The topological polar surface area (TPSA) is 82.8 Å². The second-order valence-electron chi connectivity index (χ2n) is 5.47. The number of nitrogens with zero attached hydrogens (tertiary/aromatic N) is 2. The first-order valence-corrected chi connectivity index (χ1v) is 8.70. The number of nitrogens with one attached hydrogen (secondary N) is 1. The highest BCUT2D eigenvalue weighted by Gasteiger charge is 2.31. The molecule has 1 N–H and O–H groups in total. The third kappa shape index (κ3) is 2.38. The number of sulfone groups is 1. The first-order valence-electron chi connectivity index (χ1n) is 6.98. The summed E-state index contributed by atoms with van der Waals surface area (Å²) in [6.07, 6.45) is 4.43. The normalized spacial score (nSPS) is 23.2. The van der Waals surface area contributed by atoms with Crippen molar-refractivity contribution in [3.05, 3.63) is 22.9 Å². The van der Waals surface area contributed by atoms with Gasteiger partial charge in [0.05, 0.1) is 16.6 Å². The molecule has 0 radical (unpaired) electrons. The van der Waals surface area contributed by atoms with Crippen LogP contribution < -0.4 is 5.32 Å². The summed E-state index contributed by atoms with van der Waals surface area (Å²) < 4.78 is 23.6. The Morgan fingerprint density at radius 1 is 1.40 bits per heavy atom. The molecule has 2 aliphatic rings. The van der Waals surface area contributed by atoms with E-state index in [1.807, 2.05) is 6.07 Å².